The fraction of sp³-hybridized carbons (Fsp3) is 0.444. The van der Waals surface area contributed by atoms with Crippen molar-refractivity contribution in [3.63, 3.8) is 0 Å². The second-order valence-electron chi connectivity index (χ2n) is 6.32. The molecule has 1 aliphatic carbocycles. The van der Waals surface area contributed by atoms with Gasteiger partial charge < -0.3 is 10.1 Å². The maximum atomic E-state index is 12.4. The number of rotatable bonds is 3. The van der Waals surface area contributed by atoms with Crippen molar-refractivity contribution in [1.82, 2.24) is 9.78 Å². The van der Waals surface area contributed by atoms with Gasteiger partial charge in [0.25, 0.3) is 0 Å². The van der Waals surface area contributed by atoms with Gasteiger partial charge in [0.1, 0.15) is 5.82 Å². The van der Waals surface area contributed by atoms with Crippen LogP contribution in [0.5, 0.6) is 0 Å². The lowest BCUT2D eigenvalue weighted by Crippen LogP contribution is -2.26. The number of nitrogens with zero attached hydrogens (tertiary/aromatic N) is 2. The van der Waals surface area contributed by atoms with Gasteiger partial charge in [-0.05, 0) is 36.8 Å². The van der Waals surface area contributed by atoms with Crippen LogP contribution in [0.4, 0.5) is 5.82 Å². The van der Waals surface area contributed by atoms with Crippen molar-refractivity contribution in [2.24, 2.45) is 5.92 Å². The summed E-state index contributed by atoms with van der Waals surface area (Å²) < 4.78 is 7.27. The summed E-state index contributed by atoms with van der Waals surface area (Å²) in [6.45, 7) is 1.19. The molecule has 4 rings (SSSR count). The molecule has 1 N–H and O–H groups in total. The SMILES string of the molecule is O=C(Nc1ccnn1[C@@H]1CCCc2ccccc21)[C@@H]1CCOC1. The lowest BCUT2D eigenvalue weighted by Gasteiger charge is -2.27. The second kappa shape index (κ2) is 6.16. The van der Waals surface area contributed by atoms with Gasteiger partial charge in [0.05, 0.1) is 24.8 Å². The maximum Gasteiger partial charge on any atom is 0.231 e. The highest BCUT2D eigenvalue weighted by molar-refractivity contribution is 5.92. The lowest BCUT2D eigenvalue weighted by atomic mass is 9.88. The van der Waals surface area contributed by atoms with E-state index in [2.05, 4.69) is 34.7 Å². The van der Waals surface area contributed by atoms with Crippen molar-refractivity contribution in [3.05, 3.63) is 47.7 Å². The molecule has 2 aromatic rings. The fourth-order valence-electron chi connectivity index (χ4n) is 3.61. The molecular weight excluding hydrogens is 290 g/mol. The molecule has 1 aromatic carbocycles. The van der Waals surface area contributed by atoms with Crippen molar-refractivity contribution in [3.8, 4) is 0 Å². The van der Waals surface area contributed by atoms with E-state index in [1.165, 1.54) is 11.1 Å². The Balaban J connectivity index is 1.59. The van der Waals surface area contributed by atoms with Crippen LogP contribution in [-0.2, 0) is 16.0 Å². The molecule has 23 heavy (non-hydrogen) atoms. The standard InChI is InChI=1S/C18H21N3O2/c22-18(14-9-11-23-12-14)20-17-8-10-19-21(17)16-7-3-5-13-4-1-2-6-15(13)16/h1-2,4,6,8,10,14,16H,3,5,7,9,11-12H2,(H,20,22)/t14-,16-/m1/s1. The van der Waals surface area contributed by atoms with Gasteiger partial charge in [0.2, 0.25) is 5.91 Å². The van der Waals surface area contributed by atoms with Gasteiger partial charge in [0, 0.05) is 12.7 Å². The molecule has 1 fully saturated rings. The molecular formula is C18H21N3O2. The van der Waals surface area contributed by atoms with E-state index < -0.39 is 0 Å². The highest BCUT2D eigenvalue weighted by atomic mass is 16.5. The topological polar surface area (TPSA) is 56.2 Å². The number of amides is 1. The molecule has 1 aromatic heterocycles. The Hall–Kier alpha value is -2.14. The second-order valence-corrected chi connectivity index (χ2v) is 6.32. The van der Waals surface area contributed by atoms with Crippen LogP contribution in [0.3, 0.4) is 0 Å². The highest BCUT2D eigenvalue weighted by Crippen LogP contribution is 2.34. The number of carbonyl (C=O) groups is 1. The van der Waals surface area contributed by atoms with Gasteiger partial charge >= 0.3 is 0 Å². The predicted octanol–water partition coefficient (Wildman–Crippen LogP) is 2.78. The minimum Gasteiger partial charge on any atom is -0.381 e. The first-order valence-corrected chi connectivity index (χ1v) is 8.33. The number of nitrogens with one attached hydrogen (secondary N) is 1. The number of aryl methyl sites for hydroxylation is 1. The first kappa shape index (κ1) is 14.5. The van der Waals surface area contributed by atoms with E-state index in [0.29, 0.717) is 13.2 Å². The Morgan fingerprint density at radius 1 is 1.26 bits per heavy atom. The number of hydrogen-bond donors (Lipinski definition) is 1. The Kier molecular flexibility index (Phi) is 3.87. The predicted molar refractivity (Wildman–Crippen MR) is 87.3 cm³/mol. The Morgan fingerprint density at radius 3 is 3.04 bits per heavy atom. The quantitative estimate of drug-likeness (QED) is 0.948. The van der Waals surface area contributed by atoms with Gasteiger partial charge in [-0.15, -0.1) is 0 Å². The molecule has 120 valence electrons. The van der Waals surface area contributed by atoms with Crippen LogP contribution in [0.2, 0.25) is 0 Å². The molecule has 0 bridgehead atoms. The average Bonchev–Trinajstić information content (AvgIpc) is 3.26. The van der Waals surface area contributed by atoms with E-state index in [-0.39, 0.29) is 17.9 Å². The molecule has 0 radical (unpaired) electrons. The molecule has 2 heterocycles. The number of anilines is 1. The lowest BCUT2D eigenvalue weighted by molar-refractivity contribution is -0.119. The molecule has 1 aliphatic heterocycles. The van der Waals surface area contributed by atoms with Crippen molar-refractivity contribution < 1.29 is 9.53 Å². The first-order valence-electron chi connectivity index (χ1n) is 8.33. The number of aromatic nitrogens is 2. The van der Waals surface area contributed by atoms with Crippen LogP contribution in [0, 0.1) is 5.92 Å². The Labute approximate surface area is 135 Å². The third-order valence-electron chi connectivity index (χ3n) is 4.86. The van der Waals surface area contributed by atoms with Gasteiger partial charge in [-0.1, -0.05) is 24.3 Å². The molecule has 5 nitrogen and oxygen atoms in total. The molecule has 1 amide bonds. The molecule has 1 saturated heterocycles. The largest absolute Gasteiger partial charge is 0.381 e. The molecule has 2 aliphatic rings. The summed E-state index contributed by atoms with van der Waals surface area (Å²) in [6, 6.07) is 10.6. The molecule has 2 atom stereocenters. The fourth-order valence-corrected chi connectivity index (χ4v) is 3.61. The normalized spacial score (nSPS) is 23.5. The minimum absolute atomic E-state index is 0.0355. The van der Waals surface area contributed by atoms with Gasteiger partial charge in [-0.3, -0.25) is 4.79 Å². The summed E-state index contributed by atoms with van der Waals surface area (Å²) in [4.78, 5) is 12.4. The number of fused-ring (bicyclic) bond motifs is 1. The zero-order valence-corrected chi connectivity index (χ0v) is 13.1. The van der Waals surface area contributed by atoms with E-state index in [0.717, 1.165) is 31.5 Å². The molecule has 0 spiro atoms. The van der Waals surface area contributed by atoms with Crippen molar-refractivity contribution in [2.45, 2.75) is 31.7 Å². The van der Waals surface area contributed by atoms with Crippen LogP contribution >= 0.6 is 0 Å². The summed E-state index contributed by atoms with van der Waals surface area (Å²) in [5, 5.41) is 7.53. The molecule has 0 saturated carbocycles. The smallest absolute Gasteiger partial charge is 0.231 e. The summed E-state index contributed by atoms with van der Waals surface area (Å²) in [6.07, 6.45) is 5.87. The van der Waals surface area contributed by atoms with Crippen LogP contribution in [0.1, 0.15) is 36.4 Å². The monoisotopic (exact) mass is 311 g/mol. The number of carbonyl (C=O) groups excluding carboxylic acids is 1. The Bertz CT molecular complexity index is 704. The Morgan fingerprint density at radius 2 is 2.17 bits per heavy atom. The molecule has 0 unspecified atom stereocenters. The minimum atomic E-state index is -0.0445. The van der Waals surface area contributed by atoms with Crippen LogP contribution in [-0.4, -0.2) is 28.9 Å². The zero-order chi connectivity index (χ0) is 15.6. The van der Waals surface area contributed by atoms with Crippen molar-refractivity contribution >= 4 is 11.7 Å². The number of ether oxygens (including phenoxy) is 1. The van der Waals surface area contributed by atoms with Crippen LogP contribution < -0.4 is 5.32 Å². The van der Waals surface area contributed by atoms with E-state index in [1.807, 2.05) is 10.7 Å². The van der Waals surface area contributed by atoms with E-state index >= 15 is 0 Å². The molecule has 5 heteroatoms. The zero-order valence-electron chi connectivity index (χ0n) is 13.1. The third kappa shape index (κ3) is 2.77. The average molecular weight is 311 g/mol. The summed E-state index contributed by atoms with van der Waals surface area (Å²) in [5.41, 5.74) is 2.71. The van der Waals surface area contributed by atoms with Gasteiger partial charge in [-0.2, -0.15) is 5.10 Å². The van der Waals surface area contributed by atoms with Crippen molar-refractivity contribution in [1.29, 1.82) is 0 Å². The first-order chi connectivity index (χ1) is 11.3. The van der Waals surface area contributed by atoms with Crippen LogP contribution in [0.25, 0.3) is 0 Å². The van der Waals surface area contributed by atoms with Gasteiger partial charge in [-0.25, -0.2) is 4.68 Å². The van der Waals surface area contributed by atoms with Gasteiger partial charge in [0.15, 0.2) is 0 Å². The number of benzene rings is 1. The summed E-state index contributed by atoms with van der Waals surface area (Å²) in [7, 11) is 0. The summed E-state index contributed by atoms with van der Waals surface area (Å²) >= 11 is 0. The number of hydrogen-bond acceptors (Lipinski definition) is 3. The van der Waals surface area contributed by atoms with Crippen LogP contribution in [0.15, 0.2) is 36.5 Å². The third-order valence-corrected chi connectivity index (χ3v) is 4.86. The van der Waals surface area contributed by atoms with E-state index in [1.54, 1.807) is 6.20 Å². The maximum absolute atomic E-state index is 12.4. The van der Waals surface area contributed by atoms with E-state index in [9.17, 15) is 4.79 Å². The summed E-state index contributed by atoms with van der Waals surface area (Å²) in [5.74, 6) is 0.772. The highest BCUT2D eigenvalue weighted by Gasteiger charge is 2.27. The van der Waals surface area contributed by atoms with Crippen molar-refractivity contribution in [2.75, 3.05) is 18.5 Å². The van der Waals surface area contributed by atoms with E-state index in [4.69, 9.17) is 4.74 Å².